The van der Waals surface area contributed by atoms with E-state index in [4.69, 9.17) is 0 Å². The molecule has 1 amide bonds. The maximum Gasteiger partial charge on any atom is 0.471 e. The number of amides is 1. The molecule has 1 saturated heterocycles. The summed E-state index contributed by atoms with van der Waals surface area (Å²) < 4.78 is 65.6. The molecule has 0 radical (unpaired) electrons. The summed E-state index contributed by atoms with van der Waals surface area (Å²) in [5, 5.41) is 0. The lowest BCUT2D eigenvalue weighted by Crippen LogP contribution is -2.43. The summed E-state index contributed by atoms with van der Waals surface area (Å²) in [4.78, 5) is 12.7. The van der Waals surface area contributed by atoms with Crippen molar-refractivity contribution in [3.05, 3.63) is 65.2 Å². The van der Waals surface area contributed by atoms with E-state index in [1.807, 2.05) is 6.92 Å². The number of sulfonamides is 1. The van der Waals surface area contributed by atoms with Crippen LogP contribution in [0.15, 0.2) is 53.4 Å². The minimum Gasteiger partial charge on any atom is -0.329 e. The van der Waals surface area contributed by atoms with Crippen molar-refractivity contribution in [2.45, 2.75) is 37.5 Å². The normalized spacial score (nSPS) is 19.1. The van der Waals surface area contributed by atoms with Crippen molar-refractivity contribution in [2.75, 3.05) is 13.1 Å². The van der Waals surface area contributed by atoms with Gasteiger partial charge in [0.05, 0.1) is 10.9 Å². The quantitative estimate of drug-likeness (QED) is 0.667. The molecule has 1 fully saturated rings. The Balaban J connectivity index is 1.76. The molecule has 0 bridgehead atoms. The molecule has 0 spiro atoms. The van der Waals surface area contributed by atoms with Gasteiger partial charge < -0.3 is 4.90 Å². The standard InChI is InChI=1S/C20H21F3N2O3S/c1-14-6-8-18(9-7-14)29(27,28)25-13-17(25)12-24(19(26)20(21,22)23)11-16-5-3-4-15(2)10-16/h3-10,17H,11-13H2,1-2H3/t17-,25?/m0/s1. The topological polar surface area (TPSA) is 57.5 Å². The number of carbonyl (C=O) groups is 1. The number of aryl methyl sites for hydroxylation is 2. The Bertz CT molecular complexity index is 1000. The summed E-state index contributed by atoms with van der Waals surface area (Å²) >= 11 is 0. The van der Waals surface area contributed by atoms with Crippen molar-refractivity contribution in [2.24, 2.45) is 0 Å². The van der Waals surface area contributed by atoms with Crippen LogP contribution in [0.5, 0.6) is 0 Å². The van der Waals surface area contributed by atoms with Crippen molar-refractivity contribution in [3.63, 3.8) is 0 Å². The molecule has 1 unspecified atom stereocenters. The highest BCUT2D eigenvalue weighted by molar-refractivity contribution is 7.89. The molecular formula is C20H21F3N2O3S. The van der Waals surface area contributed by atoms with Crippen LogP contribution in [0.1, 0.15) is 16.7 Å². The Labute approximate surface area is 167 Å². The summed E-state index contributed by atoms with van der Waals surface area (Å²) in [6, 6.07) is 12.4. The highest BCUT2D eigenvalue weighted by atomic mass is 32.2. The van der Waals surface area contributed by atoms with Gasteiger partial charge in [0.2, 0.25) is 10.0 Å². The molecule has 1 aliphatic rings. The summed E-state index contributed by atoms with van der Waals surface area (Å²) in [6.45, 7) is 3.14. The second-order valence-electron chi connectivity index (χ2n) is 7.21. The molecule has 29 heavy (non-hydrogen) atoms. The zero-order valence-electron chi connectivity index (χ0n) is 16.0. The minimum atomic E-state index is -5.03. The molecule has 0 aliphatic carbocycles. The fraction of sp³-hybridized carbons (Fsp3) is 0.350. The molecule has 0 saturated carbocycles. The zero-order valence-corrected chi connectivity index (χ0v) is 16.8. The highest BCUT2D eigenvalue weighted by Crippen LogP contribution is 2.30. The van der Waals surface area contributed by atoms with Gasteiger partial charge in [0.1, 0.15) is 0 Å². The molecule has 156 valence electrons. The van der Waals surface area contributed by atoms with Crippen LogP contribution in [-0.4, -0.2) is 48.8 Å². The molecule has 1 aliphatic heterocycles. The highest BCUT2D eigenvalue weighted by Gasteiger charge is 2.49. The Morgan fingerprint density at radius 3 is 2.34 bits per heavy atom. The molecule has 9 heteroatoms. The lowest BCUT2D eigenvalue weighted by molar-refractivity contribution is -0.186. The summed E-state index contributed by atoms with van der Waals surface area (Å²) in [5.74, 6) is -1.97. The molecule has 2 atom stereocenters. The summed E-state index contributed by atoms with van der Waals surface area (Å²) in [5.41, 5.74) is 2.31. The number of hydrogen-bond acceptors (Lipinski definition) is 3. The fourth-order valence-corrected chi connectivity index (χ4v) is 4.71. The smallest absolute Gasteiger partial charge is 0.329 e. The number of rotatable bonds is 6. The third-order valence-electron chi connectivity index (χ3n) is 4.71. The van der Waals surface area contributed by atoms with Crippen molar-refractivity contribution < 1.29 is 26.4 Å². The predicted octanol–water partition coefficient (Wildman–Crippen LogP) is 3.27. The fourth-order valence-electron chi connectivity index (χ4n) is 3.13. The van der Waals surface area contributed by atoms with E-state index >= 15 is 0 Å². The van der Waals surface area contributed by atoms with Crippen molar-refractivity contribution in [3.8, 4) is 0 Å². The van der Waals surface area contributed by atoms with Gasteiger partial charge in [-0.2, -0.15) is 17.5 Å². The third-order valence-corrected chi connectivity index (χ3v) is 6.64. The Hall–Kier alpha value is -2.39. The second-order valence-corrected chi connectivity index (χ2v) is 9.10. The first-order valence-corrected chi connectivity index (χ1v) is 10.4. The van der Waals surface area contributed by atoms with E-state index in [-0.39, 0.29) is 24.5 Å². The van der Waals surface area contributed by atoms with Crippen LogP contribution in [0.25, 0.3) is 0 Å². The molecule has 2 aromatic rings. The Kier molecular flexibility index (Phi) is 5.73. The number of halogens is 3. The van der Waals surface area contributed by atoms with Gasteiger partial charge in [-0.25, -0.2) is 8.42 Å². The number of nitrogens with zero attached hydrogens (tertiary/aromatic N) is 2. The molecule has 1 heterocycles. The molecule has 0 aromatic heterocycles. The van der Waals surface area contributed by atoms with Gasteiger partial charge in [-0.05, 0) is 31.5 Å². The first-order chi connectivity index (χ1) is 13.5. The van der Waals surface area contributed by atoms with Gasteiger partial charge in [-0.15, -0.1) is 0 Å². The zero-order chi connectivity index (χ0) is 21.4. The maximum atomic E-state index is 13.1. The van der Waals surface area contributed by atoms with Crippen LogP contribution in [0.3, 0.4) is 0 Å². The summed E-state index contributed by atoms with van der Waals surface area (Å²) in [6.07, 6.45) is -5.03. The predicted molar refractivity (Wildman–Crippen MR) is 102 cm³/mol. The van der Waals surface area contributed by atoms with Gasteiger partial charge in [0.15, 0.2) is 0 Å². The lowest BCUT2D eigenvalue weighted by atomic mass is 10.1. The third kappa shape index (κ3) is 4.97. The Morgan fingerprint density at radius 2 is 1.76 bits per heavy atom. The SMILES string of the molecule is Cc1ccc(S(=O)(=O)N2C[C@@H]2CN(Cc2cccc(C)c2)C(=O)C(F)(F)F)cc1. The van der Waals surface area contributed by atoms with Gasteiger partial charge in [-0.1, -0.05) is 47.5 Å². The molecule has 3 rings (SSSR count). The van der Waals surface area contributed by atoms with E-state index in [1.54, 1.807) is 43.3 Å². The lowest BCUT2D eigenvalue weighted by Gasteiger charge is -2.24. The molecule has 0 N–H and O–H groups in total. The average Bonchev–Trinajstić information content (AvgIpc) is 3.40. The number of carbonyl (C=O) groups excluding carboxylic acids is 1. The van der Waals surface area contributed by atoms with E-state index < -0.39 is 28.1 Å². The molecular weight excluding hydrogens is 405 g/mol. The number of benzene rings is 2. The van der Waals surface area contributed by atoms with Crippen LogP contribution in [0.4, 0.5) is 13.2 Å². The molecule has 2 aromatic carbocycles. The van der Waals surface area contributed by atoms with Gasteiger partial charge in [-0.3, -0.25) is 4.79 Å². The second kappa shape index (κ2) is 7.79. The number of hydrogen-bond donors (Lipinski definition) is 0. The van der Waals surface area contributed by atoms with Crippen molar-refractivity contribution >= 4 is 15.9 Å². The van der Waals surface area contributed by atoms with Crippen LogP contribution in [-0.2, 0) is 21.4 Å². The van der Waals surface area contributed by atoms with Crippen LogP contribution in [0.2, 0.25) is 0 Å². The first-order valence-electron chi connectivity index (χ1n) is 8.98. The molecule has 5 nitrogen and oxygen atoms in total. The van der Waals surface area contributed by atoms with Crippen LogP contribution < -0.4 is 0 Å². The minimum absolute atomic E-state index is 0.0751. The summed E-state index contributed by atoms with van der Waals surface area (Å²) in [7, 11) is -3.80. The number of alkyl halides is 3. The van der Waals surface area contributed by atoms with Crippen molar-refractivity contribution in [1.29, 1.82) is 0 Å². The average molecular weight is 426 g/mol. The first kappa shape index (κ1) is 21.3. The van der Waals surface area contributed by atoms with Crippen molar-refractivity contribution in [1.82, 2.24) is 9.21 Å². The van der Waals surface area contributed by atoms with Crippen LogP contribution in [0, 0.1) is 13.8 Å². The van der Waals surface area contributed by atoms with E-state index in [2.05, 4.69) is 0 Å². The Morgan fingerprint density at radius 1 is 1.10 bits per heavy atom. The van der Waals surface area contributed by atoms with Gasteiger partial charge in [0.25, 0.3) is 0 Å². The monoisotopic (exact) mass is 426 g/mol. The van der Waals surface area contributed by atoms with E-state index in [9.17, 15) is 26.4 Å². The van der Waals surface area contributed by atoms with E-state index in [0.717, 1.165) is 15.4 Å². The van der Waals surface area contributed by atoms with E-state index in [1.165, 1.54) is 12.1 Å². The van der Waals surface area contributed by atoms with Crippen LogP contribution >= 0.6 is 0 Å². The van der Waals surface area contributed by atoms with E-state index in [0.29, 0.717) is 10.5 Å². The largest absolute Gasteiger partial charge is 0.471 e. The maximum absolute atomic E-state index is 13.1. The van der Waals surface area contributed by atoms with Gasteiger partial charge >= 0.3 is 12.1 Å². The van der Waals surface area contributed by atoms with Gasteiger partial charge in [0, 0.05) is 19.6 Å².